The van der Waals surface area contributed by atoms with E-state index in [2.05, 4.69) is 4.98 Å². The van der Waals surface area contributed by atoms with Gasteiger partial charge in [-0.25, -0.2) is 13.4 Å². The van der Waals surface area contributed by atoms with Crippen molar-refractivity contribution in [2.75, 3.05) is 0 Å². The van der Waals surface area contributed by atoms with Crippen LogP contribution in [0.25, 0.3) is 10.8 Å². The van der Waals surface area contributed by atoms with Crippen molar-refractivity contribution >= 4 is 32.2 Å². The molecule has 0 fully saturated rings. The highest BCUT2D eigenvalue weighted by atomic mass is 35.5. The summed E-state index contributed by atoms with van der Waals surface area (Å²) in [5.74, 6) is 0. The van der Waals surface area contributed by atoms with Gasteiger partial charge in [0.1, 0.15) is 0 Å². The molecule has 0 aliphatic carbocycles. The number of aromatic nitrogens is 1. The van der Waals surface area contributed by atoms with Crippen LogP contribution in [0.15, 0.2) is 70.7 Å². The van der Waals surface area contributed by atoms with E-state index in [9.17, 15) is 8.42 Å². The molecule has 0 unspecified atom stereocenters. The molecular formula is C15H10ClNO2S. The van der Waals surface area contributed by atoms with E-state index in [0.29, 0.717) is 10.4 Å². The number of hydrogen-bond donors (Lipinski definition) is 0. The van der Waals surface area contributed by atoms with Gasteiger partial charge in [0.05, 0.1) is 4.90 Å². The van der Waals surface area contributed by atoms with Gasteiger partial charge in [0.25, 0.3) is 0 Å². The van der Waals surface area contributed by atoms with Gasteiger partial charge in [-0.15, -0.1) is 0 Å². The number of benzene rings is 2. The maximum Gasteiger partial charge on any atom is 0.224 e. The SMILES string of the molecule is O=S(=O)(c1ccccc1)c1nccc2cc(Cl)ccc12. The first-order valence-corrected chi connectivity index (χ1v) is 7.79. The Morgan fingerprint density at radius 2 is 1.70 bits per heavy atom. The van der Waals surface area contributed by atoms with Crippen LogP contribution in [0, 0.1) is 0 Å². The maximum absolute atomic E-state index is 12.6. The van der Waals surface area contributed by atoms with E-state index in [1.54, 1.807) is 54.6 Å². The van der Waals surface area contributed by atoms with Crippen LogP contribution >= 0.6 is 11.6 Å². The van der Waals surface area contributed by atoms with E-state index in [-0.39, 0.29) is 9.92 Å². The van der Waals surface area contributed by atoms with E-state index in [1.807, 2.05) is 0 Å². The predicted molar refractivity (Wildman–Crippen MR) is 78.6 cm³/mol. The van der Waals surface area contributed by atoms with E-state index < -0.39 is 9.84 Å². The lowest BCUT2D eigenvalue weighted by molar-refractivity contribution is 0.593. The molecule has 3 aromatic rings. The molecule has 2 aromatic carbocycles. The topological polar surface area (TPSA) is 47.0 Å². The number of fused-ring (bicyclic) bond motifs is 1. The van der Waals surface area contributed by atoms with Crippen LogP contribution < -0.4 is 0 Å². The fourth-order valence-corrected chi connectivity index (χ4v) is 3.64. The molecule has 1 heterocycles. The molecule has 0 N–H and O–H groups in total. The smallest absolute Gasteiger partial charge is 0.224 e. The predicted octanol–water partition coefficient (Wildman–Crippen LogP) is 3.72. The average molecular weight is 304 g/mol. The van der Waals surface area contributed by atoms with Crippen molar-refractivity contribution in [3.8, 4) is 0 Å². The van der Waals surface area contributed by atoms with Crippen LogP contribution in [0.4, 0.5) is 0 Å². The highest BCUT2D eigenvalue weighted by Gasteiger charge is 2.21. The molecule has 0 saturated carbocycles. The van der Waals surface area contributed by atoms with Crippen molar-refractivity contribution < 1.29 is 8.42 Å². The third-order valence-corrected chi connectivity index (χ3v) is 4.96. The molecule has 0 bridgehead atoms. The normalized spacial score (nSPS) is 11.7. The van der Waals surface area contributed by atoms with Crippen molar-refractivity contribution in [1.29, 1.82) is 0 Å². The van der Waals surface area contributed by atoms with Crippen molar-refractivity contribution in [2.24, 2.45) is 0 Å². The fraction of sp³-hybridized carbons (Fsp3) is 0. The van der Waals surface area contributed by atoms with E-state index >= 15 is 0 Å². The van der Waals surface area contributed by atoms with Crippen LogP contribution in [0.5, 0.6) is 0 Å². The van der Waals surface area contributed by atoms with Gasteiger partial charge in [-0.1, -0.05) is 29.8 Å². The lowest BCUT2D eigenvalue weighted by Gasteiger charge is -2.07. The first kappa shape index (κ1) is 13.1. The molecule has 1 aromatic heterocycles. The van der Waals surface area contributed by atoms with Crippen molar-refractivity contribution in [2.45, 2.75) is 9.92 Å². The monoisotopic (exact) mass is 303 g/mol. The van der Waals surface area contributed by atoms with Gasteiger partial charge in [0, 0.05) is 16.6 Å². The average Bonchev–Trinajstić information content (AvgIpc) is 2.47. The minimum absolute atomic E-state index is 0.0536. The number of hydrogen-bond acceptors (Lipinski definition) is 3. The quantitative estimate of drug-likeness (QED) is 0.725. The van der Waals surface area contributed by atoms with Gasteiger partial charge in [-0.3, -0.25) is 0 Å². The summed E-state index contributed by atoms with van der Waals surface area (Å²) in [6.07, 6.45) is 1.48. The second-order valence-corrected chi connectivity index (χ2v) is 6.60. The van der Waals surface area contributed by atoms with Gasteiger partial charge in [0.15, 0.2) is 5.03 Å². The Morgan fingerprint density at radius 3 is 2.45 bits per heavy atom. The van der Waals surface area contributed by atoms with Crippen LogP contribution in [0.1, 0.15) is 0 Å². The Balaban J connectivity index is 2.30. The van der Waals surface area contributed by atoms with E-state index in [4.69, 9.17) is 11.6 Å². The standard InChI is InChI=1S/C15H10ClNO2S/c16-12-6-7-14-11(10-12)8-9-17-15(14)20(18,19)13-4-2-1-3-5-13/h1-10H. The summed E-state index contributed by atoms with van der Waals surface area (Å²) in [6, 6.07) is 15.1. The fourth-order valence-electron chi connectivity index (χ4n) is 2.05. The summed E-state index contributed by atoms with van der Waals surface area (Å²) in [7, 11) is -3.63. The van der Waals surface area contributed by atoms with Gasteiger partial charge in [-0.05, 0) is 41.8 Å². The molecular weight excluding hydrogens is 294 g/mol. The van der Waals surface area contributed by atoms with E-state index in [0.717, 1.165) is 5.39 Å². The third kappa shape index (κ3) is 2.17. The molecule has 100 valence electrons. The van der Waals surface area contributed by atoms with Crippen LogP contribution in [-0.4, -0.2) is 13.4 Å². The summed E-state index contributed by atoms with van der Waals surface area (Å²) < 4.78 is 25.3. The number of halogens is 1. The molecule has 0 radical (unpaired) electrons. The lowest BCUT2D eigenvalue weighted by Crippen LogP contribution is -2.05. The number of rotatable bonds is 2. The Kier molecular flexibility index (Phi) is 3.20. The Morgan fingerprint density at radius 1 is 0.950 bits per heavy atom. The van der Waals surface area contributed by atoms with Crippen molar-refractivity contribution in [3.63, 3.8) is 0 Å². The van der Waals surface area contributed by atoms with Crippen LogP contribution in [0.3, 0.4) is 0 Å². The van der Waals surface area contributed by atoms with Gasteiger partial charge >= 0.3 is 0 Å². The summed E-state index contributed by atoms with van der Waals surface area (Å²) in [4.78, 5) is 4.29. The molecule has 0 aliphatic heterocycles. The molecule has 3 nitrogen and oxygen atoms in total. The maximum atomic E-state index is 12.6. The molecule has 0 spiro atoms. The first-order valence-electron chi connectivity index (χ1n) is 5.93. The Bertz CT molecular complexity index is 877. The highest BCUT2D eigenvalue weighted by molar-refractivity contribution is 7.91. The zero-order valence-corrected chi connectivity index (χ0v) is 11.9. The number of pyridine rings is 1. The zero-order chi connectivity index (χ0) is 14.2. The summed E-state index contributed by atoms with van der Waals surface area (Å²) >= 11 is 5.93. The van der Waals surface area contributed by atoms with Gasteiger partial charge in [-0.2, -0.15) is 0 Å². The van der Waals surface area contributed by atoms with Crippen LogP contribution in [-0.2, 0) is 9.84 Å². The largest absolute Gasteiger partial charge is 0.244 e. The Labute approximate surface area is 121 Å². The van der Waals surface area contributed by atoms with E-state index in [1.165, 1.54) is 6.20 Å². The molecule has 0 amide bonds. The summed E-state index contributed by atoms with van der Waals surface area (Å²) in [5.41, 5.74) is 0. The number of nitrogens with zero attached hydrogens (tertiary/aromatic N) is 1. The third-order valence-electron chi connectivity index (χ3n) is 3.00. The van der Waals surface area contributed by atoms with Crippen molar-refractivity contribution in [3.05, 3.63) is 65.8 Å². The van der Waals surface area contributed by atoms with Gasteiger partial charge in [0.2, 0.25) is 9.84 Å². The lowest BCUT2D eigenvalue weighted by atomic mass is 10.2. The minimum atomic E-state index is -3.63. The molecule has 5 heteroatoms. The number of sulfone groups is 1. The molecule has 20 heavy (non-hydrogen) atoms. The zero-order valence-electron chi connectivity index (χ0n) is 10.3. The van der Waals surface area contributed by atoms with Crippen molar-refractivity contribution in [1.82, 2.24) is 4.98 Å². The second kappa shape index (κ2) is 4.89. The second-order valence-electron chi connectivity index (χ2n) is 4.30. The highest BCUT2D eigenvalue weighted by Crippen LogP contribution is 2.27. The van der Waals surface area contributed by atoms with Crippen LogP contribution in [0.2, 0.25) is 5.02 Å². The first-order chi connectivity index (χ1) is 9.59. The summed E-state index contributed by atoms with van der Waals surface area (Å²) in [6.45, 7) is 0. The summed E-state index contributed by atoms with van der Waals surface area (Å²) in [5, 5.41) is 1.94. The molecule has 0 aliphatic rings. The molecule has 0 saturated heterocycles. The molecule has 3 rings (SSSR count). The van der Waals surface area contributed by atoms with Gasteiger partial charge < -0.3 is 0 Å². The molecule has 0 atom stereocenters. The Hall–Kier alpha value is -1.91. The minimum Gasteiger partial charge on any atom is -0.244 e.